The van der Waals surface area contributed by atoms with Gasteiger partial charge in [0.15, 0.2) is 0 Å². The van der Waals surface area contributed by atoms with Crippen LogP contribution < -0.4 is 4.74 Å². The van der Waals surface area contributed by atoms with E-state index in [1.807, 2.05) is 73.7 Å². The van der Waals surface area contributed by atoms with Crippen molar-refractivity contribution in [2.24, 2.45) is 4.99 Å². The number of amides is 1. The van der Waals surface area contributed by atoms with Crippen LogP contribution in [0.3, 0.4) is 0 Å². The number of rotatable bonds is 5. The molecule has 4 rings (SSSR count). The molecule has 3 aromatic carbocycles. The van der Waals surface area contributed by atoms with E-state index in [1.165, 1.54) is 0 Å². The summed E-state index contributed by atoms with van der Waals surface area (Å²) >= 11 is 6.27. The van der Waals surface area contributed by atoms with Gasteiger partial charge in [0.25, 0.3) is 0 Å². The maximum Gasteiger partial charge on any atom is 0.322 e. The third-order valence-corrected chi connectivity index (χ3v) is 6.66. The fourth-order valence-electron chi connectivity index (χ4n) is 4.52. The molecule has 3 aromatic rings. The van der Waals surface area contributed by atoms with Crippen LogP contribution in [0.5, 0.6) is 5.75 Å². The van der Waals surface area contributed by atoms with Gasteiger partial charge >= 0.3 is 5.37 Å². The molecular formula is C32H29ClN2O2. The number of halogens is 1. The number of aliphatic imine (C=N–C) groups is 1. The van der Waals surface area contributed by atoms with Crippen LogP contribution in [0, 0.1) is 24.7 Å². The Morgan fingerprint density at radius 1 is 0.973 bits per heavy atom. The lowest BCUT2D eigenvalue weighted by atomic mass is 9.86. The predicted molar refractivity (Wildman–Crippen MR) is 150 cm³/mol. The fraction of sp³-hybridized carbons (Fsp3) is 0.250. The van der Waals surface area contributed by atoms with Gasteiger partial charge in [-0.05, 0) is 77.0 Å². The van der Waals surface area contributed by atoms with Crippen molar-refractivity contribution in [1.29, 1.82) is 0 Å². The van der Waals surface area contributed by atoms with Gasteiger partial charge in [-0.2, -0.15) is 0 Å². The number of terminal acetylenes is 2. The maximum absolute atomic E-state index is 13.0. The van der Waals surface area contributed by atoms with Crippen molar-refractivity contribution >= 4 is 22.8 Å². The van der Waals surface area contributed by atoms with Gasteiger partial charge in [-0.1, -0.05) is 62.9 Å². The lowest BCUT2D eigenvalue weighted by Crippen LogP contribution is -2.34. The zero-order valence-corrected chi connectivity index (χ0v) is 22.2. The minimum atomic E-state index is -0.630. The number of carbonyl (C=O) groups is 1. The Kier molecular flexibility index (Phi) is 7.44. The molecule has 186 valence electrons. The normalized spacial score (nSPS) is 17.1. The molecule has 0 N–H and O–H groups in total. The van der Waals surface area contributed by atoms with Crippen LogP contribution in [-0.2, 0) is 5.41 Å². The van der Waals surface area contributed by atoms with Crippen LogP contribution in [0.25, 0.3) is 0 Å². The first kappa shape index (κ1) is 26.1. The highest BCUT2D eigenvalue weighted by molar-refractivity contribution is 6.64. The van der Waals surface area contributed by atoms with Gasteiger partial charge in [-0.15, -0.1) is 12.8 Å². The highest BCUT2D eigenvalue weighted by atomic mass is 35.5. The Balaban J connectivity index is 1.92. The molecule has 0 aromatic heterocycles. The monoisotopic (exact) mass is 508 g/mol. The molecule has 0 spiro atoms. The van der Waals surface area contributed by atoms with Gasteiger partial charge in [-0.3, -0.25) is 14.7 Å². The van der Waals surface area contributed by atoms with Gasteiger partial charge in [0.05, 0.1) is 18.2 Å². The standard InChI is InChI=1S/C32H29ClN2O2/c1-7-21-10-14-23(15-11-21)28-29(24-16-12-22(8-2)13-17-24)35(31(33)36)30(34-28)26-19-18-25(32(4,5)6)20-27(26)37-9-3/h1-2,10-20,28-29H,9H2,3-6H3/t28-,29-/m1/s1. The molecule has 5 heteroatoms. The Labute approximate surface area is 224 Å². The van der Waals surface area contributed by atoms with Crippen molar-refractivity contribution in [1.82, 2.24) is 4.90 Å². The Bertz CT molecular complexity index is 1420. The minimum Gasteiger partial charge on any atom is -0.493 e. The Hall–Kier alpha value is -3.99. The number of nitrogens with zero attached hydrogens (tertiary/aromatic N) is 2. The SMILES string of the molecule is C#Cc1ccc([C@H]2N=C(c3ccc(C(C)(C)C)cc3OCC)N(C(=O)Cl)[C@@H]2c2ccc(C#C)cc2)cc1. The van der Waals surface area contributed by atoms with Crippen LogP contribution in [0.15, 0.2) is 71.7 Å². The summed E-state index contributed by atoms with van der Waals surface area (Å²) in [4.78, 5) is 19.6. The second-order valence-corrected chi connectivity index (χ2v) is 10.2. The average Bonchev–Trinajstić information content (AvgIpc) is 3.29. The molecule has 0 saturated heterocycles. The molecule has 0 bridgehead atoms. The number of hydrogen-bond donors (Lipinski definition) is 0. The van der Waals surface area contributed by atoms with Gasteiger partial charge in [0.1, 0.15) is 17.6 Å². The van der Waals surface area contributed by atoms with E-state index >= 15 is 0 Å². The third kappa shape index (κ3) is 5.26. The smallest absolute Gasteiger partial charge is 0.322 e. The van der Waals surface area contributed by atoms with E-state index in [-0.39, 0.29) is 5.41 Å². The summed E-state index contributed by atoms with van der Waals surface area (Å²) in [6.07, 6.45) is 11.1. The van der Waals surface area contributed by atoms with Crippen LogP contribution in [0.1, 0.15) is 73.2 Å². The molecule has 0 saturated carbocycles. The van der Waals surface area contributed by atoms with E-state index in [0.29, 0.717) is 23.8 Å². The minimum absolute atomic E-state index is 0.0769. The number of hydrogen-bond acceptors (Lipinski definition) is 3. The van der Waals surface area contributed by atoms with Crippen molar-refractivity contribution in [3.05, 3.63) is 100 Å². The summed E-state index contributed by atoms with van der Waals surface area (Å²) in [7, 11) is 0. The molecular weight excluding hydrogens is 480 g/mol. The fourth-order valence-corrected chi connectivity index (χ4v) is 4.70. The van der Waals surface area contributed by atoms with E-state index in [2.05, 4.69) is 32.6 Å². The largest absolute Gasteiger partial charge is 0.493 e. The van der Waals surface area contributed by atoms with Crippen molar-refractivity contribution in [3.63, 3.8) is 0 Å². The molecule has 0 fully saturated rings. The van der Waals surface area contributed by atoms with Gasteiger partial charge in [0, 0.05) is 11.1 Å². The highest BCUT2D eigenvalue weighted by Gasteiger charge is 2.42. The lowest BCUT2D eigenvalue weighted by Gasteiger charge is -2.28. The Morgan fingerprint density at radius 2 is 1.54 bits per heavy atom. The van der Waals surface area contributed by atoms with Gasteiger partial charge < -0.3 is 4.74 Å². The summed E-state index contributed by atoms with van der Waals surface area (Å²) in [5, 5.41) is -0.630. The molecule has 0 radical (unpaired) electrons. The second kappa shape index (κ2) is 10.6. The number of carbonyl (C=O) groups excluding carboxylic acids is 1. The average molecular weight is 509 g/mol. The zero-order valence-electron chi connectivity index (χ0n) is 21.5. The van der Waals surface area contributed by atoms with Crippen molar-refractivity contribution in [2.75, 3.05) is 6.61 Å². The molecule has 1 heterocycles. The van der Waals surface area contributed by atoms with E-state index in [0.717, 1.165) is 27.8 Å². The summed E-state index contributed by atoms with van der Waals surface area (Å²) in [5.74, 6) is 6.39. The second-order valence-electron chi connectivity index (χ2n) is 9.89. The first-order valence-electron chi connectivity index (χ1n) is 12.1. The molecule has 1 aliphatic rings. The molecule has 0 aliphatic carbocycles. The summed E-state index contributed by atoms with van der Waals surface area (Å²) in [5.41, 5.74) is 5.03. The molecule has 1 amide bonds. The summed E-state index contributed by atoms with van der Waals surface area (Å²) in [6.45, 7) is 8.83. The van der Waals surface area contributed by atoms with E-state index in [4.69, 9.17) is 34.2 Å². The summed E-state index contributed by atoms with van der Waals surface area (Å²) < 4.78 is 6.05. The summed E-state index contributed by atoms with van der Waals surface area (Å²) in [6, 6.07) is 20.3. The van der Waals surface area contributed by atoms with Gasteiger partial charge in [0.2, 0.25) is 0 Å². The quantitative estimate of drug-likeness (QED) is 0.207. The molecule has 2 atom stereocenters. The van der Waals surface area contributed by atoms with Crippen LogP contribution >= 0.6 is 11.6 Å². The first-order valence-corrected chi connectivity index (χ1v) is 12.5. The van der Waals surface area contributed by atoms with Crippen molar-refractivity contribution < 1.29 is 9.53 Å². The number of benzene rings is 3. The van der Waals surface area contributed by atoms with Crippen LogP contribution in [0.2, 0.25) is 0 Å². The lowest BCUT2D eigenvalue weighted by molar-refractivity contribution is 0.231. The van der Waals surface area contributed by atoms with Crippen LogP contribution in [-0.4, -0.2) is 22.7 Å². The topological polar surface area (TPSA) is 41.9 Å². The number of amidine groups is 1. The molecule has 37 heavy (non-hydrogen) atoms. The molecule has 0 unspecified atom stereocenters. The van der Waals surface area contributed by atoms with Crippen LogP contribution in [0.4, 0.5) is 4.79 Å². The van der Waals surface area contributed by atoms with E-state index in [1.54, 1.807) is 4.90 Å². The van der Waals surface area contributed by atoms with Crippen molar-refractivity contribution in [3.8, 4) is 30.4 Å². The predicted octanol–water partition coefficient (Wildman–Crippen LogP) is 7.25. The van der Waals surface area contributed by atoms with Gasteiger partial charge in [-0.25, -0.2) is 0 Å². The van der Waals surface area contributed by atoms with Crippen molar-refractivity contribution in [2.45, 2.75) is 45.2 Å². The third-order valence-electron chi connectivity index (χ3n) is 6.48. The highest BCUT2D eigenvalue weighted by Crippen LogP contribution is 2.45. The Morgan fingerprint density at radius 3 is 2.03 bits per heavy atom. The molecule has 1 aliphatic heterocycles. The number of ether oxygens (including phenoxy) is 1. The van der Waals surface area contributed by atoms with E-state index in [9.17, 15) is 4.79 Å². The first-order chi connectivity index (χ1) is 17.7. The van der Waals surface area contributed by atoms with E-state index < -0.39 is 17.5 Å². The maximum atomic E-state index is 13.0. The zero-order chi connectivity index (χ0) is 26.7. The molecule has 4 nitrogen and oxygen atoms in total.